The molecule has 0 amide bonds. The lowest BCUT2D eigenvalue weighted by atomic mass is 9.78. The van der Waals surface area contributed by atoms with Gasteiger partial charge in [0.1, 0.15) is 5.82 Å². The lowest BCUT2D eigenvalue weighted by Crippen LogP contribution is -2.47. The van der Waals surface area contributed by atoms with E-state index < -0.39 is 0 Å². The van der Waals surface area contributed by atoms with Crippen molar-refractivity contribution in [1.82, 2.24) is 4.98 Å². The van der Waals surface area contributed by atoms with E-state index in [2.05, 4.69) is 22.9 Å². The average Bonchev–Trinajstić information content (AvgIpc) is 2.41. The number of nitrogens with two attached hydrogens (primary N) is 1. The number of nitrogen functional groups attached to an aromatic ring is 1. The van der Waals surface area contributed by atoms with Gasteiger partial charge in [-0.1, -0.05) is 12.8 Å². The summed E-state index contributed by atoms with van der Waals surface area (Å²) in [6.45, 7) is 3.24. The van der Waals surface area contributed by atoms with Crippen LogP contribution in [0.2, 0.25) is 0 Å². The van der Waals surface area contributed by atoms with Crippen LogP contribution in [0, 0.1) is 12.8 Å². The van der Waals surface area contributed by atoms with E-state index in [0.29, 0.717) is 0 Å². The van der Waals surface area contributed by atoms with Gasteiger partial charge in [0.2, 0.25) is 0 Å². The molecule has 0 aromatic carbocycles. The minimum absolute atomic E-state index is 0.725. The zero-order valence-corrected chi connectivity index (χ0v) is 11.2. The summed E-state index contributed by atoms with van der Waals surface area (Å²) < 4.78 is 0. The van der Waals surface area contributed by atoms with Crippen molar-refractivity contribution >= 4 is 11.5 Å². The van der Waals surface area contributed by atoms with Gasteiger partial charge in [-0.25, -0.2) is 4.98 Å². The molecule has 3 nitrogen and oxygen atoms in total. The van der Waals surface area contributed by atoms with Crippen LogP contribution in [-0.2, 0) is 0 Å². The molecule has 0 unspecified atom stereocenters. The second-order valence-corrected chi connectivity index (χ2v) is 5.85. The summed E-state index contributed by atoms with van der Waals surface area (Å²) in [6.07, 6.45) is 10.1. The lowest BCUT2D eigenvalue weighted by molar-refractivity contribution is 0.243. The van der Waals surface area contributed by atoms with Crippen LogP contribution in [0.15, 0.2) is 12.3 Å². The Kier molecular flexibility index (Phi) is 3.14. The third-order valence-electron chi connectivity index (χ3n) is 4.67. The second-order valence-electron chi connectivity index (χ2n) is 5.85. The maximum Gasteiger partial charge on any atom is 0.129 e. The molecule has 3 rings (SSSR count). The summed E-state index contributed by atoms with van der Waals surface area (Å²) in [4.78, 5) is 7.10. The highest BCUT2D eigenvalue weighted by molar-refractivity contribution is 5.52. The third kappa shape index (κ3) is 2.06. The highest BCUT2D eigenvalue weighted by Gasteiger charge is 2.33. The molecule has 1 saturated carbocycles. The molecule has 1 aliphatic carbocycles. The second kappa shape index (κ2) is 4.79. The molecule has 1 saturated heterocycles. The van der Waals surface area contributed by atoms with Crippen molar-refractivity contribution in [2.75, 3.05) is 17.2 Å². The highest BCUT2D eigenvalue weighted by Crippen LogP contribution is 2.37. The first-order valence-electron chi connectivity index (χ1n) is 7.24. The maximum absolute atomic E-state index is 5.87. The molecule has 1 aromatic heterocycles. The van der Waals surface area contributed by atoms with Gasteiger partial charge in [-0.3, -0.25) is 0 Å². The van der Waals surface area contributed by atoms with E-state index in [-0.39, 0.29) is 0 Å². The fourth-order valence-electron chi connectivity index (χ4n) is 3.62. The number of aryl methyl sites for hydroxylation is 1. The molecule has 1 aliphatic heterocycles. The highest BCUT2D eigenvalue weighted by atomic mass is 15.2. The number of pyridine rings is 1. The Morgan fingerprint density at radius 3 is 2.83 bits per heavy atom. The standard InChI is InChI=1S/C15H23N3/c1-11-9-15(17-10-13(11)16)18-8-4-6-12-5-2-3-7-14(12)18/h9-10,12,14H,2-8,16H2,1H3/t12-,14-/m1/s1. The maximum atomic E-state index is 5.87. The predicted octanol–water partition coefficient (Wildman–Crippen LogP) is 3.13. The fourth-order valence-corrected chi connectivity index (χ4v) is 3.62. The average molecular weight is 245 g/mol. The van der Waals surface area contributed by atoms with Crippen LogP contribution in [0.5, 0.6) is 0 Å². The minimum atomic E-state index is 0.725. The summed E-state index contributed by atoms with van der Waals surface area (Å²) in [5.74, 6) is 2.03. The topological polar surface area (TPSA) is 42.2 Å². The largest absolute Gasteiger partial charge is 0.397 e. The van der Waals surface area contributed by atoms with E-state index in [4.69, 9.17) is 5.73 Å². The Morgan fingerprint density at radius 1 is 1.22 bits per heavy atom. The van der Waals surface area contributed by atoms with Gasteiger partial charge in [0.25, 0.3) is 0 Å². The number of piperidine rings is 1. The van der Waals surface area contributed by atoms with Crippen molar-refractivity contribution in [3.05, 3.63) is 17.8 Å². The zero-order valence-electron chi connectivity index (χ0n) is 11.2. The van der Waals surface area contributed by atoms with Crippen molar-refractivity contribution in [3.63, 3.8) is 0 Å². The molecule has 3 heteroatoms. The Labute approximate surface area is 109 Å². The molecule has 2 N–H and O–H groups in total. The summed E-state index contributed by atoms with van der Waals surface area (Å²) >= 11 is 0. The first-order chi connectivity index (χ1) is 8.75. The molecule has 2 heterocycles. The molecule has 2 aliphatic rings. The van der Waals surface area contributed by atoms with Crippen LogP contribution in [0.1, 0.15) is 44.1 Å². The molecule has 18 heavy (non-hydrogen) atoms. The van der Waals surface area contributed by atoms with E-state index in [1.807, 2.05) is 6.20 Å². The van der Waals surface area contributed by atoms with Gasteiger partial charge in [0.15, 0.2) is 0 Å². The minimum Gasteiger partial charge on any atom is -0.397 e. The van der Waals surface area contributed by atoms with E-state index in [9.17, 15) is 0 Å². The molecule has 1 aromatic rings. The number of anilines is 2. The summed E-state index contributed by atoms with van der Waals surface area (Å²) in [5.41, 5.74) is 7.82. The number of fused-ring (bicyclic) bond motifs is 1. The van der Waals surface area contributed by atoms with Crippen molar-refractivity contribution in [1.29, 1.82) is 0 Å². The predicted molar refractivity (Wildman–Crippen MR) is 75.7 cm³/mol. The number of hydrogen-bond donors (Lipinski definition) is 1. The smallest absolute Gasteiger partial charge is 0.129 e. The number of hydrogen-bond acceptors (Lipinski definition) is 3. The van der Waals surface area contributed by atoms with Crippen molar-refractivity contribution in [2.45, 2.75) is 51.5 Å². The quantitative estimate of drug-likeness (QED) is 0.826. The van der Waals surface area contributed by atoms with Gasteiger partial charge in [0.05, 0.1) is 11.9 Å². The van der Waals surface area contributed by atoms with Crippen LogP contribution in [0.25, 0.3) is 0 Å². The van der Waals surface area contributed by atoms with Crippen LogP contribution in [0.3, 0.4) is 0 Å². The molecule has 2 fully saturated rings. The first-order valence-corrected chi connectivity index (χ1v) is 7.24. The summed E-state index contributed by atoms with van der Waals surface area (Å²) in [5, 5.41) is 0. The summed E-state index contributed by atoms with van der Waals surface area (Å²) in [7, 11) is 0. The molecule has 0 bridgehead atoms. The van der Waals surface area contributed by atoms with Crippen LogP contribution >= 0.6 is 0 Å². The van der Waals surface area contributed by atoms with Gasteiger partial charge < -0.3 is 10.6 Å². The van der Waals surface area contributed by atoms with Gasteiger partial charge in [0, 0.05) is 12.6 Å². The van der Waals surface area contributed by atoms with Crippen LogP contribution in [-0.4, -0.2) is 17.6 Å². The Morgan fingerprint density at radius 2 is 2.00 bits per heavy atom. The van der Waals surface area contributed by atoms with Gasteiger partial charge in [-0.2, -0.15) is 0 Å². The number of rotatable bonds is 1. The Balaban J connectivity index is 1.87. The number of aromatic nitrogens is 1. The Bertz CT molecular complexity index is 428. The lowest BCUT2D eigenvalue weighted by Gasteiger charge is -2.44. The van der Waals surface area contributed by atoms with Gasteiger partial charge in [-0.05, 0) is 50.2 Å². The van der Waals surface area contributed by atoms with Gasteiger partial charge >= 0.3 is 0 Å². The fraction of sp³-hybridized carbons (Fsp3) is 0.667. The monoisotopic (exact) mass is 245 g/mol. The van der Waals surface area contributed by atoms with Crippen molar-refractivity contribution in [2.24, 2.45) is 5.92 Å². The van der Waals surface area contributed by atoms with Crippen LogP contribution in [0.4, 0.5) is 11.5 Å². The Hall–Kier alpha value is -1.25. The summed E-state index contributed by atoms with van der Waals surface area (Å²) in [6, 6.07) is 2.88. The molecule has 98 valence electrons. The van der Waals surface area contributed by atoms with Crippen molar-refractivity contribution in [3.8, 4) is 0 Å². The first kappa shape index (κ1) is 11.8. The molecular formula is C15H23N3. The van der Waals surface area contributed by atoms with Crippen LogP contribution < -0.4 is 10.6 Å². The van der Waals surface area contributed by atoms with Crippen molar-refractivity contribution < 1.29 is 0 Å². The molecular weight excluding hydrogens is 222 g/mol. The molecule has 2 atom stereocenters. The molecule has 0 spiro atoms. The number of nitrogens with zero attached hydrogens (tertiary/aromatic N) is 2. The van der Waals surface area contributed by atoms with E-state index >= 15 is 0 Å². The normalized spacial score (nSPS) is 27.9. The molecule has 0 radical (unpaired) electrons. The van der Waals surface area contributed by atoms with Gasteiger partial charge in [-0.15, -0.1) is 0 Å². The third-order valence-corrected chi connectivity index (χ3v) is 4.67. The van der Waals surface area contributed by atoms with E-state index in [0.717, 1.165) is 35.6 Å². The van der Waals surface area contributed by atoms with E-state index in [1.165, 1.54) is 38.5 Å². The SMILES string of the molecule is Cc1cc(N2CCC[C@H]3CCCC[C@H]32)ncc1N. The van der Waals surface area contributed by atoms with E-state index in [1.54, 1.807) is 0 Å². The zero-order chi connectivity index (χ0) is 12.5.